The van der Waals surface area contributed by atoms with E-state index in [1.807, 2.05) is 36.4 Å². The van der Waals surface area contributed by atoms with Crippen LogP contribution in [-0.2, 0) is 14.4 Å². The zero-order valence-corrected chi connectivity index (χ0v) is 14.1. The minimum absolute atomic E-state index is 0.158. The SMILES string of the molecule is CCC(=O)C1C(=O)CC(c2ccc(-c3ccc(O)cc3)cc2)CC1=O. The number of phenols is 1. The monoisotopic (exact) mass is 336 g/mol. The van der Waals surface area contributed by atoms with E-state index in [1.165, 1.54) is 0 Å². The van der Waals surface area contributed by atoms with Gasteiger partial charge in [0.05, 0.1) is 0 Å². The van der Waals surface area contributed by atoms with E-state index in [0.29, 0.717) is 0 Å². The van der Waals surface area contributed by atoms with Gasteiger partial charge in [-0.3, -0.25) is 14.4 Å². The molecule has 25 heavy (non-hydrogen) atoms. The van der Waals surface area contributed by atoms with Crippen molar-refractivity contribution < 1.29 is 19.5 Å². The van der Waals surface area contributed by atoms with Crippen molar-refractivity contribution in [2.45, 2.75) is 32.1 Å². The Labute approximate surface area is 146 Å². The summed E-state index contributed by atoms with van der Waals surface area (Å²) in [7, 11) is 0. The molecule has 0 bridgehead atoms. The molecular weight excluding hydrogens is 316 g/mol. The molecule has 0 aliphatic heterocycles. The van der Waals surface area contributed by atoms with Crippen LogP contribution in [0.2, 0.25) is 0 Å². The van der Waals surface area contributed by atoms with E-state index in [2.05, 4.69) is 0 Å². The van der Waals surface area contributed by atoms with Crippen LogP contribution in [0.4, 0.5) is 0 Å². The Morgan fingerprint density at radius 2 is 1.40 bits per heavy atom. The minimum Gasteiger partial charge on any atom is -0.508 e. The first-order chi connectivity index (χ1) is 12.0. The standard InChI is InChI=1S/C21H20O4/c1-2-18(23)21-19(24)11-16(12-20(21)25)15-5-3-13(4-6-15)14-7-9-17(22)10-8-14/h3-10,16,21-22H,2,11-12H2,1H3. The largest absolute Gasteiger partial charge is 0.508 e. The van der Waals surface area contributed by atoms with Crippen LogP contribution in [-0.4, -0.2) is 22.5 Å². The first-order valence-corrected chi connectivity index (χ1v) is 8.47. The molecule has 0 unspecified atom stereocenters. The van der Waals surface area contributed by atoms with Crippen LogP contribution in [0.5, 0.6) is 5.75 Å². The number of ketones is 3. The van der Waals surface area contributed by atoms with Gasteiger partial charge < -0.3 is 5.11 Å². The topological polar surface area (TPSA) is 71.4 Å². The molecule has 2 aromatic carbocycles. The molecule has 3 rings (SSSR count). The quantitative estimate of drug-likeness (QED) is 0.865. The molecule has 0 aromatic heterocycles. The number of aromatic hydroxyl groups is 1. The summed E-state index contributed by atoms with van der Waals surface area (Å²) in [6.07, 6.45) is 0.690. The highest BCUT2D eigenvalue weighted by Gasteiger charge is 2.39. The van der Waals surface area contributed by atoms with Crippen molar-refractivity contribution in [3.05, 3.63) is 54.1 Å². The smallest absolute Gasteiger partial charge is 0.151 e. The van der Waals surface area contributed by atoms with Crippen LogP contribution < -0.4 is 0 Å². The summed E-state index contributed by atoms with van der Waals surface area (Å²) in [5.41, 5.74) is 2.91. The lowest BCUT2D eigenvalue weighted by molar-refractivity contribution is -0.142. The summed E-state index contributed by atoms with van der Waals surface area (Å²) in [6, 6.07) is 14.7. The number of carbonyl (C=O) groups is 3. The molecule has 1 N–H and O–H groups in total. The van der Waals surface area contributed by atoms with Gasteiger partial charge in [-0.15, -0.1) is 0 Å². The Kier molecular flexibility index (Phi) is 4.79. The summed E-state index contributed by atoms with van der Waals surface area (Å²) in [6.45, 7) is 1.68. The molecule has 0 saturated heterocycles. The van der Waals surface area contributed by atoms with E-state index in [-0.39, 0.29) is 48.3 Å². The second-order valence-electron chi connectivity index (χ2n) is 6.46. The van der Waals surface area contributed by atoms with Crippen molar-refractivity contribution in [2.75, 3.05) is 0 Å². The first kappa shape index (κ1) is 17.1. The normalized spacial score (nSPS) is 20.5. The third kappa shape index (κ3) is 3.53. The van der Waals surface area contributed by atoms with Crippen molar-refractivity contribution in [1.82, 2.24) is 0 Å². The molecule has 128 valence electrons. The van der Waals surface area contributed by atoms with Crippen LogP contribution in [0.15, 0.2) is 48.5 Å². The first-order valence-electron chi connectivity index (χ1n) is 8.47. The van der Waals surface area contributed by atoms with Gasteiger partial charge in [-0.1, -0.05) is 43.3 Å². The Bertz CT molecular complexity index is 785. The maximum Gasteiger partial charge on any atom is 0.151 e. The Morgan fingerprint density at radius 1 is 0.920 bits per heavy atom. The van der Waals surface area contributed by atoms with Gasteiger partial charge in [-0.25, -0.2) is 0 Å². The van der Waals surface area contributed by atoms with E-state index >= 15 is 0 Å². The van der Waals surface area contributed by atoms with Gasteiger partial charge in [0.2, 0.25) is 0 Å². The van der Waals surface area contributed by atoms with Gasteiger partial charge in [0.1, 0.15) is 11.7 Å². The number of carbonyl (C=O) groups excluding carboxylic acids is 3. The van der Waals surface area contributed by atoms with Gasteiger partial charge in [0, 0.05) is 19.3 Å². The number of Topliss-reactive ketones (excluding diaryl/α,β-unsaturated/α-hetero) is 3. The average molecular weight is 336 g/mol. The Balaban J connectivity index is 1.77. The van der Waals surface area contributed by atoms with Crippen molar-refractivity contribution in [3.63, 3.8) is 0 Å². The predicted molar refractivity (Wildman–Crippen MR) is 94.3 cm³/mol. The van der Waals surface area contributed by atoms with Crippen molar-refractivity contribution in [3.8, 4) is 16.9 Å². The predicted octanol–water partition coefficient (Wildman–Crippen LogP) is 3.67. The third-order valence-corrected chi connectivity index (χ3v) is 4.79. The van der Waals surface area contributed by atoms with Crippen LogP contribution in [0, 0.1) is 5.92 Å². The summed E-state index contributed by atoms with van der Waals surface area (Å²) in [5.74, 6) is -1.76. The molecule has 4 nitrogen and oxygen atoms in total. The molecule has 0 amide bonds. The van der Waals surface area contributed by atoms with Crippen LogP contribution >= 0.6 is 0 Å². The van der Waals surface area contributed by atoms with Crippen molar-refractivity contribution in [2.24, 2.45) is 5.92 Å². The van der Waals surface area contributed by atoms with Crippen molar-refractivity contribution in [1.29, 1.82) is 0 Å². The highest BCUT2D eigenvalue weighted by Crippen LogP contribution is 2.33. The Morgan fingerprint density at radius 3 is 1.88 bits per heavy atom. The molecule has 4 heteroatoms. The second kappa shape index (κ2) is 7.01. The van der Waals surface area contributed by atoms with Gasteiger partial charge in [-0.2, -0.15) is 0 Å². The molecule has 1 fully saturated rings. The molecule has 0 radical (unpaired) electrons. The highest BCUT2D eigenvalue weighted by molar-refractivity contribution is 6.20. The fourth-order valence-electron chi connectivity index (χ4n) is 3.37. The molecule has 0 atom stereocenters. The van der Waals surface area contributed by atoms with Gasteiger partial charge in [-0.05, 0) is 34.7 Å². The summed E-state index contributed by atoms with van der Waals surface area (Å²) in [5, 5.41) is 9.36. The highest BCUT2D eigenvalue weighted by atomic mass is 16.3. The van der Waals surface area contributed by atoms with Crippen LogP contribution in [0.3, 0.4) is 0 Å². The third-order valence-electron chi connectivity index (χ3n) is 4.79. The van der Waals surface area contributed by atoms with E-state index in [9.17, 15) is 19.5 Å². The maximum absolute atomic E-state index is 12.2. The fraction of sp³-hybridized carbons (Fsp3) is 0.286. The average Bonchev–Trinajstić information content (AvgIpc) is 2.61. The molecule has 1 aliphatic rings. The van der Waals surface area contributed by atoms with E-state index in [4.69, 9.17) is 0 Å². The molecule has 0 heterocycles. The molecule has 1 saturated carbocycles. The number of rotatable bonds is 4. The molecule has 2 aromatic rings. The van der Waals surface area contributed by atoms with Crippen molar-refractivity contribution >= 4 is 17.3 Å². The van der Waals surface area contributed by atoms with Gasteiger partial charge in [0.25, 0.3) is 0 Å². The van der Waals surface area contributed by atoms with Gasteiger partial charge >= 0.3 is 0 Å². The lowest BCUT2D eigenvalue weighted by Crippen LogP contribution is -2.37. The summed E-state index contributed by atoms with van der Waals surface area (Å²) in [4.78, 5) is 36.3. The van der Waals surface area contributed by atoms with E-state index < -0.39 is 5.92 Å². The Hall–Kier alpha value is -2.75. The molecule has 0 spiro atoms. The summed E-state index contributed by atoms with van der Waals surface area (Å²) < 4.78 is 0. The minimum atomic E-state index is -1.04. The zero-order valence-electron chi connectivity index (χ0n) is 14.1. The summed E-state index contributed by atoms with van der Waals surface area (Å²) >= 11 is 0. The number of hydrogen-bond donors (Lipinski definition) is 1. The fourth-order valence-corrected chi connectivity index (χ4v) is 3.37. The van der Waals surface area contributed by atoms with E-state index in [1.54, 1.807) is 19.1 Å². The molecular formula is C21H20O4. The second-order valence-corrected chi connectivity index (χ2v) is 6.46. The molecule has 1 aliphatic carbocycles. The zero-order chi connectivity index (χ0) is 18.0. The lowest BCUT2D eigenvalue weighted by atomic mass is 9.75. The lowest BCUT2D eigenvalue weighted by Gasteiger charge is -2.25. The maximum atomic E-state index is 12.2. The number of phenolic OH excluding ortho intramolecular Hbond substituents is 1. The number of hydrogen-bond acceptors (Lipinski definition) is 4. The van der Waals surface area contributed by atoms with E-state index in [0.717, 1.165) is 16.7 Å². The van der Waals surface area contributed by atoms with Crippen LogP contribution in [0.25, 0.3) is 11.1 Å². The van der Waals surface area contributed by atoms with Gasteiger partial charge in [0.15, 0.2) is 17.3 Å². The number of benzene rings is 2. The van der Waals surface area contributed by atoms with Crippen LogP contribution in [0.1, 0.15) is 37.7 Å².